The van der Waals surface area contributed by atoms with Gasteiger partial charge in [-0.05, 0) is 48.6 Å². The van der Waals surface area contributed by atoms with Crippen LogP contribution in [0.3, 0.4) is 0 Å². The molecule has 1 saturated heterocycles. The van der Waals surface area contributed by atoms with Crippen LogP contribution < -0.4 is 0 Å². The fraction of sp³-hybridized carbons (Fsp3) is 0.250. The van der Waals surface area contributed by atoms with Crippen LogP contribution in [-0.2, 0) is 11.2 Å². The van der Waals surface area contributed by atoms with Gasteiger partial charge in [0.2, 0.25) is 0 Å². The molecule has 148 valence electrons. The number of amides is 1. The van der Waals surface area contributed by atoms with Crippen LogP contribution in [-0.4, -0.2) is 51.7 Å². The van der Waals surface area contributed by atoms with Gasteiger partial charge in [0.25, 0.3) is 12.4 Å². The number of carbonyl (C=O) groups excluding carboxylic acids is 1. The fourth-order valence-electron chi connectivity index (χ4n) is 3.22. The number of rotatable bonds is 4. The summed E-state index contributed by atoms with van der Waals surface area (Å²) in [5.74, 6) is -0.893. The summed E-state index contributed by atoms with van der Waals surface area (Å²) in [6, 6.07) is 11.4. The summed E-state index contributed by atoms with van der Waals surface area (Å²) in [5.41, 5.74) is 1.55. The van der Waals surface area contributed by atoms with E-state index in [0.29, 0.717) is 30.6 Å². The van der Waals surface area contributed by atoms with Crippen LogP contribution >= 0.6 is 11.6 Å². The molecule has 28 heavy (non-hydrogen) atoms. The highest BCUT2D eigenvalue weighted by Crippen LogP contribution is 2.27. The number of nitrogens with zero attached hydrogens (tertiary/aromatic N) is 1. The molecule has 8 heteroatoms. The molecule has 3 rings (SSSR count). The van der Waals surface area contributed by atoms with Crippen molar-refractivity contribution < 1.29 is 29.7 Å². The molecule has 3 N–H and O–H groups in total. The Hall–Kier alpha value is -3.06. The minimum Gasteiger partial charge on any atom is -0.506 e. The standard InChI is InChI=1S/C19H18ClNO4.CH2O2/c20-16-10-14(5-6-17(16)22)18(23)21-8-7-12(11-21)9-13-3-1-2-4-15(13)19(24)25;2-1-3/h1-6,10,12,22H,7-9,11H2,(H,24,25);1H,(H,2,3). The molecular weight excluding hydrogens is 386 g/mol. The molecule has 1 atom stereocenters. The molecule has 0 saturated carbocycles. The minimum absolute atomic E-state index is 0.0530. The van der Waals surface area contributed by atoms with Crippen LogP contribution in [0.15, 0.2) is 42.5 Å². The zero-order valence-corrected chi connectivity index (χ0v) is 15.7. The molecule has 1 aliphatic heterocycles. The van der Waals surface area contributed by atoms with Crippen molar-refractivity contribution in [1.29, 1.82) is 0 Å². The Labute approximate surface area is 166 Å². The first-order valence-electron chi connectivity index (χ1n) is 8.54. The van der Waals surface area contributed by atoms with Crippen molar-refractivity contribution in [3.63, 3.8) is 0 Å². The summed E-state index contributed by atoms with van der Waals surface area (Å²) >= 11 is 5.87. The van der Waals surface area contributed by atoms with Crippen LogP contribution in [0.25, 0.3) is 0 Å². The van der Waals surface area contributed by atoms with E-state index in [2.05, 4.69) is 0 Å². The quantitative estimate of drug-likeness (QED) is 0.673. The lowest BCUT2D eigenvalue weighted by atomic mass is 9.95. The van der Waals surface area contributed by atoms with Gasteiger partial charge in [0.15, 0.2) is 0 Å². The lowest BCUT2D eigenvalue weighted by molar-refractivity contribution is -0.122. The van der Waals surface area contributed by atoms with Gasteiger partial charge in [-0.2, -0.15) is 0 Å². The number of aromatic hydroxyl groups is 1. The maximum Gasteiger partial charge on any atom is 0.335 e. The van der Waals surface area contributed by atoms with Crippen molar-refractivity contribution >= 4 is 29.9 Å². The molecule has 2 aromatic rings. The molecule has 2 aromatic carbocycles. The lowest BCUT2D eigenvalue weighted by Crippen LogP contribution is -2.29. The number of benzene rings is 2. The maximum atomic E-state index is 12.6. The van der Waals surface area contributed by atoms with E-state index in [1.807, 2.05) is 12.1 Å². The molecule has 1 heterocycles. The third-order valence-corrected chi connectivity index (χ3v) is 4.83. The van der Waals surface area contributed by atoms with E-state index in [1.54, 1.807) is 23.1 Å². The van der Waals surface area contributed by atoms with E-state index in [9.17, 15) is 19.8 Å². The Balaban J connectivity index is 0.000000878. The second-order valence-corrected chi connectivity index (χ2v) is 6.75. The van der Waals surface area contributed by atoms with Crippen molar-refractivity contribution in [3.8, 4) is 5.75 Å². The molecule has 0 aliphatic carbocycles. The van der Waals surface area contributed by atoms with Gasteiger partial charge in [-0.1, -0.05) is 29.8 Å². The van der Waals surface area contributed by atoms with E-state index in [1.165, 1.54) is 12.1 Å². The Kier molecular flexibility index (Phi) is 7.40. The largest absolute Gasteiger partial charge is 0.506 e. The number of likely N-dealkylation sites (tertiary alicyclic amines) is 1. The number of aromatic carboxylic acids is 1. The first kappa shape index (κ1) is 21.2. The highest BCUT2D eigenvalue weighted by atomic mass is 35.5. The number of halogens is 1. The summed E-state index contributed by atoms with van der Waals surface area (Å²) in [6.07, 6.45) is 1.45. The monoisotopic (exact) mass is 405 g/mol. The molecule has 1 fully saturated rings. The number of phenolic OH excluding ortho intramolecular Hbond substituents is 1. The van der Waals surface area contributed by atoms with E-state index in [4.69, 9.17) is 21.5 Å². The highest BCUT2D eigenvalue weighted by molar-refractivity contribution is 6.32. The van der Waals surface area contributed by atoms with Gasteiger partial charge in [0.05, 0.1) is 10.6 Å². The molecule has 0 bridgehead atoms. The van der Waals surface area contributed by atoms with Crippen LogP contribution in [0.4, 0.5) is 0 Å². The maximum absolute atomic E-state index is 12.6. The Morgan fingerprint density at radius 2 is 1.89 bits per heavy atom. The zero-order valence-electron chi connectivity index (χ0n) is 14.9. The second kappa shape index (κ2) is 9.75. The Morgan fingerprint density at radius 3 is 2.54 bits per heavy atom. The van der Waals surface area contributed by atoms with E-state index in [0.717, 1.165) is 12.0 Å². The Morgan fingerprint density at radius 1 is 1.21 bits per heavy atom. The second-order valence-electron chi connectivity index (χ2n) is 6.34. The summed E-state index contributed by atoms with van der Waals surface area (Å²) in [5, 5.41) is 25.8. The van der Waals surface area contributed by atoms with Crippen LogP contribution in [0, 0.1) is 5.92 Å². The van der Waals surface area contributed by atoms with Crippen LogP contribution in [0.1, 0.15) is 32.7 Å². The average molecular weight is 406 g/mol. The molecule has 0 radical (unpaired) electrons. The molecule has 1 amide bonds. The predicted molar refractivity (Wildman–Crippen MR) is 103 cm³/mol. The number of hydrogen-bond acceptors (Lipinski definition) is 4. The highest BCUT2D eigenvalue weighted by Gasteiger charge is 2.28. The smallest absolute Gasteiger partial charge is 0.335 e. The van der Waals surface area contributed by atoms with Gasteiger partial charge in [-0.15, -0.1) is 0 Å². The van der Waals surface area contributed by atoms with E-state index in [-0.39, 0.29) is 29.1 Å². The molecule has 7 nitrogen and oxygen atoms in total. The van der Waals surface area contributed by atoms with Crippen molar-refractivity contribution in [2.45, 2.75) is 12.8 Å². The number of phenols is 1. The number of carbonyl (C=O) groups is 3. The molecular formula is C20H20ClNO6. The summed E-state index contributed by atoms with van der Waals surface area (Å²) in [6.45, 7) is 0.947. The topological polar surface area (TPSA) is 115 Å². The van der Waals surface area contributed by atoms with Crippen LogP contribution in [0.2, 0.25) is 5.02 Å². The first-order valence-corrected chi connectivity index (χ1v) is 8.92. The van der Waals surface area contributed by atoms with Crippen molar-refractivity contribution in [1.82, 2.24) is 4.90 Å². The fourth-order valence-corrected chi connectivity index (χ4v) is 3.40. The molecule has 0 spiro atoms. The Bertz CT molecular complexity index is 870. The van der Waals surface area contributed by atoms with Gasteiger partial charge in [0.1, 0.15) is 5.75 Å². The lowest BCUT2D eigenvalue weighted by Gasteiger charge is -2.17. The number of carboxylic acids is 1. The molecule has 0 aromatic heterocycles. The van der Waals surface area contributed by atoms with E-state index < -0.39 is 5.97 Å². The third-order valence-electron chi connectivity index (χ3n) is 4.52. The number of carboxylic acid groups (broad SMARTS) is 2. The summed E-state index contributed by atoms with van der Waals surface area (Å²) < 4.78 is 0. The SMILES string of the molecule is O=C(O)c1ccccc1CC1CCN(C(=O)c2ccc(O)c(Cl)c2)C1.O=CO. The van der Waals surface area contributed by atoms with Crippen LogP contribution in [0.5, 0.6) is 5.75 Å². The molecule has 1 unspecified atom stereocenters. The summed E-state index contributed by atoms with van der Waals surface area (Å²) in [7, 11) is 0. The van der Waals surface area contributed by atoms with Gasteiger partial charge in [-0.3, -0.25) is 9.59 Å². The predicted octanol–water partition coefficient (Wildman–Crippen LogP) is 3.15. The van der Waals surface area contributed by atoms with E-state index >= 15 is 0 Å². The van der Waals surface area contributed by atoms with Crippen molar-refractivity contribution in [2.75, 3.05) is 13.1 Å². The van der Waals surface area contributed by atoms with Gasteiger partial charge in [0, 0.05) is 18.7 Å². The average Bonchev–Trinajstić information content (AvgIpc) is 3.13. The van der Waals surface area contributed by atoms with Crippen molar-refractivity contribution in [3.05, 3.63) is 64.2 Å². The van der Waals surface area contributed by atoms with Gasteiger partial charge in [-0.25, -0.2) is 4.79 Å². The van der Waals surface area contributed by atoms with Gasteiger partial charge < -0.3 is 20.2 Å². The minimum atomic E-state index is -0.930. The number of hydrogen-bond donors (Lipinski definition) is 3. The third kappa shape index (κ3) is 5.23. The summed E-state index contributed by atoms with van der Waals surface area (Å²) in [4.78, 5) is 34.0. The van der Waals surface area contributed by atoms with Crippen molar-refractivity contribution in [2.24, 2.45) is 5.92 Å². The zero-order chi connectivity index (χ0) is 20.7. The first-order chi connectivity index (χ1) is 13.4. The van der Waals surface area contributed by atoms with Gasteiger partial charge >= 0.3 is 5.97 Å². The molecule has 1 aliphatic rings. The normalized spacial score (nSPS) is 15.5.